The highest BCUT2D eigenvalue weighted by Gasteiger charge is 2.29. The van der Waals surface area contributed by atoms with Gasteiger partial charge in [0.2, 0.25) is 5.91 Å². The van der Waals surface area contributed by atoms with Crippen LogP contribution in [-0.2, 0) is 15.0 Å². The van der Waals surface area contributed by atoms with Gasteiger partial charge in [-0.25, -0.2) is 0 Å². The molecule has 0 N–H and O–H groups in total. The maximum atomic E-state index is 11.8. The molecular weight excluding hydrogens is 298 g/mol. The van der Waals surface area contributed by atoms with Gasteiger partial charge >= 0.3 is 0 Å². The number of carbonyl (C=O) groups excluding carboxylic acids is 1. The molecule has 0 saturated carbocycles. The Kier molecular flexibility index (Phi) is 4.72. The lowest BCUT2D eigenvalue weighted by Crippen LogP contribution is -2.53. The van der Waals surface area contributed by atoms with Gasteiger partial charge in [0.1, 0.15) is 0 Å². The van der Waals surface area contributed by atoms with E-state index in [1.807, 2.05) is 0 Å². The second kappa shape index (κ2) is 5.44. The van der Waals surface area contributed by atoms with E-state index < -0.39 is 10.2 Å². The van der Waals surface area contributed by atoms with Crippen molar-refractivity contribution in [2.45, 2.75) is 0 Å². The molecule has 0 aliphatic carbocycles. The van der Waals surface area contributed by atoms with E-state index in [1.165, 1.54) is 22.7 Å². The van der Waals surface area contributed by atoms with Crippen molar-refractivity contribution in [1.29, 1.82) is 0 Å². The second-order valence-corrected chi connectivity index (χ2v) is 6.41. The average molecular weight is 314 g/mol. The molecule has 0 atom stereocenters. The normalized spacial score (nSPS) is 19.1. The Hall–Kier alpha value is -0.180. The summed E-state index contributed by atoms with van der Waals surface area (Å²) in [5.74, 6) is 0.00176. The third-order valence-corrected chi connectivity index (χ3v) is 4.91. The lowest BCUT2D eigenvalue weighted by Gasteiger charge is -2.34. The first-order valence-corrected chi connectivity index (χ1v) is 7.42. The first-order valence-electron chi connectivity index (χ1n) is 4.91. The highest BCUT2D eigenvalue weighted by atomic mass is 79.9. The van der Waals surface area contributed by atoms with Crippen LogP contribution in [0.3, 0.4) is 0 Å². The molecule has 1 amide bonds. The number of halogens is 1. The number of amides is 1. The van der Waals surface area contributed by atoms with Crippen LogP contribution in [0.15, 0.2) is 0 Å². The van der Waals surface area contributed by atoms with Gasteiger partial charge in [0.25, 0.3) is 10.2 Å². The summed E-state index contributed by atoms with van der Waals surface area (Å²) >= 11 is 3.10. The largest absolute Gasteiger partial charge is 0.339 e. The molecule has 1 saturated heterocycles. The van der Waals surface area contributed by atoms with E-state index in [0.29, 0.717) is 26.2 Å². The number of hydrogen-bond donors (Lipinski definition) is 0. The molecule has 1 rings (SSSR count). The van der Waals surface area contributed by atoms with Crippen molar-refractivity contribution in [3.63, 3.8) is 0 Å². The monoisotopic (exact) mass is 313 g/mol. The maximum absolute atomic E-state index is 11.8. The molecule has 0 radical (unpaired) electrons. The van der Waals surface area contributed by atoms with Crippen LogP contribution in [0.4, 0.5) is 0 Å². The third-order valence-electron chi connectivity index (χ3n) is 2.49. The quantitative estimate of drug-likeness (QED) is 0.649. The average Bonchev–Trinajstić information content (AvgIpc) is 2.28. The van der Waals surface area contributed by atoms with Gasteiger partial charge in [-0.05, 0) is 0 Å². The number of piperazine rings is 1. The summed E-state index contributed by atoms with van der Waals surface area (Å²) in [5, 5.41) is 0.285. The number of hydrogen-bond acceptors (Lipinski definition) is 3. The molecule has 1 aliphatic heterocycles. The van der Waals surface area contributed by atoms with Crippen LogP contribution in [0.2, 0.25) is 0 Å². The first-order chi connectivity index (χ1) is 7.39. The highest BCUT2D eigenvalue weighted by molar-refractivity contribution is 9.09. The summed E-state index contributed by atoms with van der Waals surface area (Å²) in [6.45, 7) is 1.63. The lowest BCUT2D eigenvalue weighted by atomic mass is 10.3. The molecule has 0 aromatic rings. The SMILES string of the molecule is CN(C)S(=O)(=O)N1CCN(C(=O)CBr)CC1. The zero-order chi connectivity index (χ0) is 12.3. The van der Waals surface area contributed by atoms with Gasteiger partial charge < -0.3 is 4.90 Å². The zero-order valence-corrected chi connectivity index (χ0v) is 11.8. The van der Waals surface area contributed by atoms with Gasteiger partial charge in [-0.3, -0.25) is 4.79 Å². The van der Waals surface area contributed by atoms with Gasteiger partial charge in [-0.1, -0.05) is 15.9 Å². The van der Waals surface area contributed by atoms with Crippen molar-refractivity contribution in [1.82, 2.24) is 13.5 Å². The molecule has 1 aliphatic rings. The topological polar surface area (TPSA) is 60.9 Å². The van der Waals surface area contributed by atoms with Crippen LogP contribution in [0.1, 0.15) is 0 Å². The number of nitrogens with zero attached hydrogens (tertiary/aromatic N) is 3. The Bertz CT molecular complexity index is 350. The Balaban J connectivity index is 2.59. The van der Waals surface area contributed by atoms with Crippen LogP contribution < -0.4 is 0 Å². The molecule has 0 spiro atoms. The number of carbonyl (C=O) groups is 1. The lowest BCUT2D eigenvalue weighted by molar-refractivity contribution is -0.129. The van der Waals surface area contributed by atoms with E-state index in [-0.39, 0.29) is 11.2 Å². The molecule has 1 heterocycles. The Morgan fingerprint density at radius 1 is 1.25 bits per heavy atom. The van der Waals surface area contributed by atoms with Gasteiger partial charge in [0, 0.05) is 40.3 Å². The fraction of sp³-hybridized carbons (Fsp3) is 0.875. The molecule has 1 fully saturated rings. The standard InChI is InChI=1S/C8H16BrN3O3S/c1-10(2)16(14,15)12-5-3-11(4-6-12)8(13)7-9/h3-7H2,1-2H3. The molecule has 94 valence electrons. The van der Waals surface area contributed by atoms with E-state index in [2.05, 4.69) is 15.9 Å². The smallest absolute Gasteiger partial charge is 0.281 e. The molecule has 16 heavy (non-hydrogen) atoms. The van der Waals surface area contributed by atoms with E-state index >= 15 is 0 Å². The Labute approximate surface area is 104 Å². The van der Waals surface area contributed by atoms with Crippen molar-refractivity contribution in [3.8, 4) is 0 Å². The Morgan fingerprint density at radius 2 is 1.75 bits per heavy atom. The van der Waals surface area contributed by atoms with E-state index in [0.717, 1.165) is 0 Å². The Morgan fingerprint density at radius 3 is 2.12 bits per heavy atom. The van der Waals surface area contributed by atoms with Gasteiger partial charge in [0.05, 0.1) is 5.33 Å². The van der Waals surface area contributed by atoms with Crippen LogP contribution in [-0.4, -0.2) is 73.4 Å². The van der Waals surface area contributed by atoms with Crippen LogP contribution >= 0.6 is 15.9 Å². The van der Waals surface area contributed by atoms with Crippen LogP contribution in [0.25, 0.3) is 0 Å². The fourth-order valence-corrected chi connectivity index (χ4v) is 2.92. The molecular formula is C8H16BrN3O3S. The van der Waals surface area contributed by atoms with E-state index in [4.69, 9.17) is 0 Å². The van der Waals surface area contributed by atoms with Gasteiger partial charge in [-0.2, -0.15) is 17.0 Å². The number of rotatable bonds is 3. The third kappa shape index (κ3) is 2.93. The minimum atomic E-state index is -3.34. The maximum Gasteiger partial charge on any atom is 0.281 e. The van der Waals surface area contributed by atoms with Crippen LogP contribution in [0, 0.1) is 0 Å². The van der Waals surface area contributed by atoms with Gasteiger partial charge in [0.15, 0.2) is 0 Å². The summed E-state index contributed by atoms with van der Waals surface area (Å²) in [6.07, 6.45) is 0. The molecule has 6 nitrogen and oxygen atoms in total. The van der Waals surface area contributed by atoms with Crippen molar-refractivity contribution in [2.75, 3.05) is 45.6 Å². The second-order valence-electron chi connectivity index (χ2n) is 3.70. The molecule has 0 aromatic heterocycles. The summed E-state index contributed by atoms with van der Waals surface area (Å²) < 4.78 is 26.1. The van der Waals surface area contributed by atoms with Gasteiger partial charge in [-0.15, -0.1) is 0 Å². The van der Waals surface area contributed by atoms with Crippen molar-refractivity contribution < 1.29 is 13.2 Å². The predicted octanol–water partition coefficient (Wildman–Crippen LogP) is -0.668. The molecule has 0 aromatic carbocycles. The number of alkyl halides is 1. The van der Waals surface area contributed by atoms with Crippen molar-refractivity contribution >= 4 is 32.0 Å². The minimum Gasteiger partial charge on any atom is -0.339 e. The predicted molar refractivity (Wildman–Crippen MR) is 64.6 cm³/mol. The molecule has 8 heteroatoms. The molecule has 0 bridgehead atoms. The first kappa shape index (κ1) is 13.9. The fourth-order valence-electron chi connectivity index (χ4n) is 1.48. The van der Waals surface area contributed by atoms with E-state index in [9.17, 15) is 13.2 Å². The van der Waals surface area contributed by atoms with Crippen LogP contribution in [0.5, 0.6) is 0 Å². The van der Waals surface area contributed by atoms with Crippen molar-refractivity contribution in [3.05, 3.63) is 0 Å². The highest BCUT2D eigenvalue weighted by Crippen LogP contribution is 2.10. The summed E-state index contributed by atoms with van der Waals surface area (Å²) in [4.78, 5) is 13.0. The summed E-state index contributed by atoms with van der Waals surface area (Å²) in [6, 6.07) is 0. The van der Waals surface area contributed by atoms with E-state index in [1.54, 1.807) is 4.90 Å². The minimum absolute atomic E-state index is 0.00176. The molecule has 0 unspecified atom stereocenters. The van der Waals surface area contributed by atoms with Crippen molar-refractivity contribution in [2.24, 2.45) is 0 Å². The summed E-state index contributed by atoms with van der Waals surface area (Å²) in [5.41, 5.74) is 0. The zero-order valence-electron chi connectivity index (χ0n) is 9.39. The summed E-state index contributed by atoms with van der Waals surface area (Å²) in [7, 11) is -0.328.